The Morgan fingerprint density at radius 3 is 1.86 bits per heavy atom. The van der Waals surface area contributed by atoms with Crippen LogP contribution in [0, 0.1) is 23.3 Å². The molecule has 0 bridgehead atoms. The summed E-state index contributed by atoms with van der Waals surface area (Å²) < 4.78 is 1.18. The van der Waals surface area contributed by atoms with Gasteiger partial charge in [-0.2, -0.15) is 0 Å². The summed E-state index contributed by atoms with van der Waals surface area (Å²) in [4.78, 5) is 22.7. The van der Waals surface area contributed by atoms with E-state index < -0.39 is 0 Å². The molecule has 0 saturated heterocycles. The number of carbonyl (C=O) groups is 1. The quantitative estimate of drug-likeness (QED) is 0.0708. The zero-order valence-corrected chi connectivity index (χ0v) is 31.3. The molecular weight excluding hydrogens is 788 g/mol. The Kier molecular flexibility index (Phi) is 15.7. The molecule has 0 aliphatic carbocycles. The molecule has 0 saturated carbocycles. The van der Waals surface area contributed by atoms with Gasteiger partial charge in [0.2, 0.25) is 0 Å². The molecule has 6 heteroatoms. The molecule has 0 fully saturated rings. The molecule has 1 radical (unpaired) electrons. The van der Waals surface area contributed by atoms with Gasteiger partial charge < -0.3 is 5.11 Å². The number of rotatable bonds is 11. The van der Waals surface area contributed by atoms with Crippen LogP contribution in [0.1, 0.15) is 79.7 Å². The maximum Gasteiger partial charge on any atom is 0.162 e. The molecule has 237 valence electrons. The van der Waals surface area contributed by atoms with E-state index >= 15 is 0 Å². The number of aliphatic hydroxyl groups is 1. The van der Waals surface area contributed by atoms with Gasteiger partial charge in [0, 0.05) is 38.0 Å². The van der Waals surface area contributed by atoms with Crippen LogP contribution in [0.15, 0.2) is 83.8 Å². The number of allylic oxidation sites excluding steroid dienone is 2. The Morgan fingerprint density at radius 2 is 1.36 bits per heavy atom. The number of benzene rings is 2. The van der Waals surface area contributed by atoms with E-state index in [1.807, 2.05) is 33.8 Å². The molecule has 0 aliphatic heterocycles. The Hall–Kier alpha value is -2.62. The van der Waals surface area contributed by atoms with Crippen molar-refractivity contribution in [3.05, 3.63) is 95.4 Å². The van der Waals surface area contributed by atoms with Gasteiger partial charge in [0.1, 0.15) is 0 Å². The summed E-state index contributed by atoms with van der Waals surface area (Å²) in [6.45, 7) is 14.9. The van der Waals surface area contributed by atoms with Gasteiger partial charge in [0.15, 0.2) is 5.78 Å². The van der Waals surface area contributed by atoms with Crippen molar-refractivity contribution in [2.24, 2.45) is 17.3 Å². The first-order valence-corrected chi connectivity index (χ1v) is 17.3. The maximum atomic E-state index is 11.7. The molecule has 0 unspecified atom stereocenters. The van der Waals surface area contributed by atoms with Crippen LogP contribution in [0.2, 0.25) is 0 Å². The van der Waals surface area contributed by atoms with E-state index in [-0.39, 0.29) is 43.5 Å². The molecule has 1 N–H and O–H groups in total. The predicted octanol–water partition coefficient (Wildman–Crippen LogP) is 9.79. The van der Waals surface area contributed by atoms with Crippen molar-refractivity contribution in [2.75, 3.05) is 0 Å². The van der Waals surface area contributed by atoms with Crippen LogP contribution in [0.5, 0.6) is 0 Å². The molecule has 44 heavy (non-hydrogen) atoms. The number of hydrogen-bond donors (Lipinski definition) is 1. The normalized spacial score (nSPS) is 11.6. The molecule has 2 heterocycles. The summed E-state index contributed by atoms with van der Waals surface area (Å²) in [5.74, 6) is 0.547. The third-order valence-corrected chi connectivity index (χ3v) is 9.40. The monoisotopic (exact) mass is 836 g/mol. The number of nitrogens with zero attached hydrogens (tertiary/aromatic N) is 2. The Morgan fingerprint density at radius 1 is 0.841 bits per heavy atom. The molecule has 4 nitrogen and oxygen atoms in total. The number of carbonyl (C=O) groups excluding carboxylic acids is 1. The van der Waals surface area contributed by atoms with Gasteiger partial charge in [-0.05, 0) is 37.5 Å². The second-order valence-electron chi connectivity index (χ2n) is 12.2. The minimum atomic E-state index is 0. The summed E-state index contributed by atoms with van der Waals surface area (Å²) in [5.41, 5.74) is 7.20. The van der Waals surface area contributed by atoms with Crippen molar-refractivity contribution in [3.63, 3.8) is 0 Å². The van der Waals surface area contributed by atoms with Gasteiger partial charge in [0.05, 0.1) is 5.76 Å². The first-order valence-electron chi connectivity index (χ1n) is 15.5. The number of hydrogen-bond acceptors (Lipinski definition) is 4. The minimum Gasteiger partial charge on any atom is -0.512 e. The summed E-state index contributed by atoms with van der Waals surface area (Å²) in [5, 5.41) is 9.76. The molecule has 0 spiro atoms. The summed E-state index contributed by atoms with van der Waals surface area (Å²) >= 11 is 0.328. The molecular formula is C38H47IrN2O2Se-. The van der Waals surface area contributed by atoms with E-state index in [1.54, 1.807) is 6.33 Å². The van der Waals surface area contributed by atoms with Gasteiger partial charge >= 0.3 is 141 Å². The third kappa shape index (κ3) is 11.4. The third-order valence-electron chi connectivity index (χ3n) is 7.65. The second-order valence-corrected chi connectivity index (χ2v) is 14.1. The van der Waals surface area contributed by atoms with Crippen LogP contribution in [-0.2, 0) is 31.3 Å². The molecule has 0 aliphatic rings. The zero-order valence-electron chi connectivity index (χ0n) is 27.2. The summed E-state index contributed by atoms with van der Waals surface area (Å²) in [7, 11) is 0. The van der Waals surface area contributed by atoms with E-state index in [1.165, 1.54) is 27.2 Å². The smallest absolute Gasteiger partial charge is 0.162 e. The minimum absolute atomic E-state index is 0. The van der Waals surface area contributed by atoms with Crippen molar-refractivity contribution < 1.29 is 30.0 Å². The van der Waals surface area contributed by atoms with Gasteiger partial charge in [-0.15, -0.1) is 0 Å². The molecule has 2 aromatic carbocycles. The average Bonchev–Trinajstić information content (AvgIpc) is 3.54. The SMILES string of the molecule is CC(C)(C)Cc1ccc(-c2ccc(-c3cc(-c4[c-]cc[se]4)ncn3)cc2)cc1.CCC(CC)C(=O)/C=C(\O)C(CC)CC.[Ir]. The van der Waals surface area contributed by atoms with Crippen molar-refractivity contribution in [2.45, 2.75) is 80.6 Å². The Bertz CT molecular complexity index is 1430. The van der Waals surface area contributed by atoms with Gasteiger partial charge in [0.25, 0.3) is 0 Å². The fourth-order valence-corrected chi connectivity index (χ4v) is 6.40. The summed E-state index contributed by atoms with van der Waals surface area (Å²) in [6, 6.07) is 24.9. The van der Waals surface area contributed by atoms with E-state index in [9.17, 15) is 9.90 Å². The second kappa shape index (κ2) is 18.4. The van der Waals surface area contributed by atoms with E-state index in [0.717, 1.165) is 49.1 Å². The fraction of sp³-hybridized carbons (Fsp3) is 0.395. The average molecular weight is 835 g/mol. The van der Waals surface area contributed by atoms with Crippen LogP contribution in [0.4, 0.5) is 0 Å². The maximum absolute atomic E-state index is 11.7. The van der Waals surface area contributed by atoms with Crippen LogP contribution >= 0.6 is 0 Å². The van der Waals surface area contributed by atoms with Crippen molar-refractivity contribution in [1.29, 1.82) is 0 Å². The molecule has 2 aromatic heterocycles. The summed E-state index contributed by atoms with van der Waals surface area (Å²) in [6.07, 6.45) is 7.64. The molecule has 4 rings (SSSR count). The fourth-order valence-electron chi connectivity index (χ4n) is 5.06. The molecule has 0 atom stereocenters. The largest absolute Gasteiger partial charge is 0.512 e. The van der Waals surface area contributed by atoms with Crippen molar-refractivity contribution in [3.8, 4) is 32.5 Å². The van der Waals surface area contributed by atoms with E-state index in [0.29, 0.717) is 19.9 Å². The zero-order chi connectivity index (χ0) is 31.4. The van der Waals surface area contributed by atoms with Crippen molar-refractivity contribution in [1.82, 2.24) is 9.97 Å². The van der Waals surface area contributed by atoms with E-state index in [4.69, 9.17) is 0 Å². The Balaban J connectivity index is 0.000000363. The topological polar surface area (TPSA) is 63.1 Å². The first-order chi connectivity index (χ1) is 20.6. The van der Waals surface area contributed by atoms with E-state index in [2.05, 4.69) is 96.3 Å². The molecule has 4 aromatic rings. The number of ketones is 1. The van der Waals surface area contributed by atoms with Crippen LogP contribution in [0.3, 0.4) is 0 Å². The van der Waals surface area contributed by atoms with Crippen LogP contribution in [0.25, 0.3) is 32.5 Å². The standard InChI is InChI=1S/C25H23N2Se.C13H24O2.Ir/c1-25(2,3)16-18-6-8-19(9-7-18)20-10-12-21(13-11-20)22-15-23(27-17-26-22)24-5-4-14-28-24;1-5-10(6-2)12(14)9-13(15)11(7-3)8-4;/h4,6-15,17H,16H2,1-3H3;9-11,14H,5-8H2,1-4H3;/q-1;;/b;12-9-;. The van der Waals surface area contributed by atoms with Crippen LogP contribution < -0.4 is 0 Å². The molecule has 0 amide bonds. The van der Waals surface area contributed by atoms with Gasteiger partial charge in [-0.25, -0.2) is 0 Å². The predicted molar refractivity (Wildman–Crippen MR) is 181 cm³/mol. The van der Waals surface area contributed by atoms with Gasteiger partial charge in [-0.3, -0.25) is 4.79 Å². The number of aromatic nitrogens is 2. The van der Waals surface area contributed by atoms with Crippen LogP contribution in [-0.4, -0.2) is 35.4 Å². The Labute approximate surface area is 284 Å². The van der Waals surface area contributed by atoms with Gasteiger partial charge in [-0.1, -0.05) is 48.5 Å². The number of aliphatic hydroxyl groups excluding tert-OH is 1. The van der Waals surface area contributed by atoms with Crippen molar-refractivity contribution >= 4 is 20.3 Å². The first kappa shape index (κ1) is 37.6.